The van der Waals surface area contributed by atoms with Gasteiger partial charge in [-0.3, -0.25) is 0 Å². The molecule has 0 nitrogen and oxygen atoms in total. The first-order valence-corrected chi connectivity index (χ1v) is 28.4. The van der Waals surface area contributed by atoms with Crippen LogP contribution in [-0.2, 0) is 31.7 Å². The third-order valence-corrected chi connectivity index (χ3v) is 12.7. The Morgan fingerprint density at radius 1 is 0.500 bits per heavy atom. The number of benzene rings is 6. The zero-order chi connectivity index (χ0) is 43.2. The number of halogens is 2. The van der Waals surface area contributed by atoms with Gasteiger partial charge in [0.05, 0.1) is 9.52 Å². The van der Waals surface area contributed by atoms with Crippen LogP contribution in [0.1, 0.15) is 103 Å². The molecule has 4 heteroatoms. The Morgan fingerprint density at radius 3 is 1.35 bits per heavy atom. The van der Waals surface area contributed by atoms with Gasteiger partial charge in [0.25, 0.3) is 0 Å². The van der Waals surface area contributed by atoms with E-state index >= 15 is 0 Å². The fraction of sp³-hybridized carbons (Fsp3) is 0.250. The minimum absolute atomic E-state index is 0.188. The van der Waals surface area contributed by atoms with E-state index in [2.05, 4.69) is 221 Å². The van der Waals surface area contributed by atoms with Crippen molar-refractivity contribution in [3.05, 3.63) is 180 Å². The van der Waals surface area contributed by atoms with E-state index in [0.29, 0.717) is 11.8 Å². The van der Waals surface area contributed by atoms with E-state index in [4.69, 9.17) is 17.0 Å². The maximum Gasteiger partial charge on any atom is 0.0920 e. The van der Waals surface area contributed by atoms with Crippen molar-refractivity contribution in [1.29, 1.82) is 0 Å². The summed E-state index contributed by atoms with van der Waals surface area (Å²) in [5, 5.41) is 8.27. The molecule has 0 spiro atoms. The van der Waals surface area contributed by atoms with Crippen LogP contribution in [0.2, 0.25) is 0 Å². The van der Waals surface area contributed by atoms with E-state index in [9.17, 15) is 0 Å². The third kappa shape index (κ3) is 10.6. The van der Waals surface area contributed by atoms with E-state index < -0.39 is 20.8 Å². The first kappa shape index (κ1) is 45.7. The molecule has 2 radical (unpaired) electrons. The molecule has 0 atom stereocenters. The van der Waals surface area contributed by atoms with E-state index in [-0.39, 0.29) is 10.8 Å². The minimum atomic E-state index is -0.826. The number of hydrogen-bond acceptors (Lipinski definition) is 0. The molecule has 0 amide bonds. The van der Waals surface area contributed by atoms with E-state index in [1.54, 1.807) is 0 Å². The van der Waals surface area contributed by atoms with Crippen LogP contribution in [-0.4, -0.2) is 9.52 Å². The second kappa shape index (κ2) is 19.9. The summed E-state index contributed by atoms with van der Waals surface area (Å²) in [5.74, 6) is 1.06. The monoisotopic (exact) mass is 917 g/mol. The molecule has 8 aromatic rings. The molecule has 1 heterocycles. The Kier molecular flexibility index (Phi) is 15.2. The minimum Gasteiger partial charge on any atom is -0.184 e. The molecular weight excluding hydrogens is 863 g/mol. The molecule has 306 valence electrons. The third-order valence-electron chi connectivity index (χ3n) is 11.3. The van der Waals surface area contributed by atoms with Crippen molar-refractivity contribution in [2.24, 2.45) is 0 Å². The second-order valence-corrected chi connectivity index (χ2v) is 23.3. The first-order valence-electron chi connectivity index (χ1n) is 21.0. The van der Waals surface area contributed by atoms with Crippen molar-refractivity contribution in [3.8, 4) is 33.4 Å². The molecule has 0 fully saturated rings. The van der Waals surface area contributed by atoms with E-state index in [1.165, 1.54) is 87.6 Å². The molecule has 60 heavy (non-hydrogen) atoms. The molecule has 0 saturated heterocycles. The molecule has 8 aromatic carbocycles. The van der Waals surface area contributed by atoms with Crippen molar-refractivity contribution < 1.29 is 20.8 Å². The molecule has 0 unspecified atom stereocenters. The normalized spacial score (nSPS) is 11.9. The predicted molar refractivity (Wildman–Crippen MR) is 263 cm³/mol. The summed E-state index contributed by atoms with van der Waals surface area (Å²) < 4.78 is 0. The Hall–Kier alpha value is -3.78. The van der Waals surface area contributed by atoms with Crippen molar-refractivity contribution in [3.63, 3.8) is 0 Å². The average molecular weight is 920 g/mol. The number of hydrogen-bond donors (Lipinski definition) is 0. The largest absolute Gasteiger partial charge is 0.184 e. The standard InChI is InChI=1S/2C22H25.C12H7Si.2ClH.Zr/c2*1-15(2)18-10-6-7-11-19(18)20-12-8-9-16-13-17(14-21(16)20)22(3,4)5;1-3-7-11-9(5-1)10-6-2-4-8-12(10)13-11;;;/h2*6-15H,1-5H3;1-7H;2*1H;/q3*-1;;;+2/p-2. The van der Waals surface area contributed by atoms with Crippen LogP contribution in [0.5, 0.6) is 0 Å². The van der Waals surface area contributed by atoms with Gasteiger partial charge in [0, 0.05) is 0 Å². The van der Waals surface area contributed by atoms with Crippen LogP contribution in [0.25, 0.3) is 54.9 Å². The van der Waals surface area contributed by atoms with Crippen LogP contribution in [0, 0.1) is 6.07 Å². The zero-order valence-electron chi connectivity index (χ0n) is 36.8. The van der Waals surface area contributed by atoms with Crippen LogP contribution in [0.15, 0.2) is 152 Å². The van der Waals surface area contributed by atoms with Gasteiger partial charge in [0.2, 0.25) is 0 Å². The van der Waals surface area contributed by atoms with Crippen molar-refractivity contribution >= 4 is 58.5 Å². The molecule has 0 N–H and O–H groups in total. The summed E-state index contributed by atoms with van der Waals surface area (Å²) in [7, 11) is 10.7. The predicted octanol–water partition coefficient (Wildman–Crippen LogP) is 15.8. The van der Waals surface area contributed by atoms with Crippen LogP contribution >= 0.6 is 17.0 Å². The Bertz CT molecular complexity index is 2480. The molecule has 0 aromatic heterocycles. The summed E-state index contributed by atoms with van der Waals surface area (Å²) in [6.07, 6.45) is 0. The average Bonchev–Trinajstić information content (AvgIpc) is 3.97. The second-order valence-electron chi connectivity index (χ2n) is 18.3. The van der Waals surface area contributed by atoms with Gasteiger partial charge in [0.15, 0.2) is 0 Å². The maximum absolute atomic E-state index is 4.93. The molecule has 0 aliphatic carbocycles. The van der Waals surface area contributed by atoms with Gasteiger partial charge in [-0.1, -0.05) is 176 Å². The molecule has 0 bridgehead atoms. The molecular formula is C56H57Cl2SiZr-3. The Balaban J connectivity index is 0.000000150. The summed E-state index contributed by atoms with van der Waals surface area (Å²) in [4.78, 5) is 0. The first-order chi connectivity index (χ1) is 28.6. The zero-order valence-corrected chi connectivity index (χ0v) is 41.8. The van der Waals surface area contributed by atoms with Gasteiger partial charge in [-0.15, -0.1) is 74.6 Å². The van der Waals surface area contributed by atoms with E-state index in [1.807, 2.05) is 6.07 Å². The van der Waals surface area contributed by atoms with Gasteiger partial charge < -0.3 is 0 Å². The topological polar surface area (TPSA) is 0 Å². The summed E-state index contributed by atoms with van der Waals surface area (Å²) in [5.41, 5.74) is 14.3. The fourth-order valence-corrected chi connectivity index (χ4v) is 9.33. The van der Waals surface area contributed by atoms with E-state index in [0.717, 1.165) is 9.52 Å². The number of fused-ring (bicyclic) bond motifs is 5. The van der Waals surface area contributed by atoms with Gasteiger partial charge in [0.1, 0.15) is 0 Å². The van der Waals surface area contributed by atoms with Crippen LogP contribution in [0.3, 0.4) is 0 Å². The number of rotatable bonds is 4. The van der Waals surface area contributed by atoms with Crippen molar-refractivity contribution in [2.45, 2.75) is 91.9 Å². The molecule has 1 aliphatic heterocycles. The van der Waals surface area contributed by atoms with Gasteiger partial charge in [-0.2, -0.15) is 41.6 Å². The van der Waals surface area contributed by atoms with Gasteiger partial charge in [-0.25, -0.2) is 0 Å². The van der Waals surface area contributed by atoms with Gasteiger partial charge >= 0.3 is 37.9 Å². The maximum atomic E-state index is 4.93. The summed E-state index contributed by atoms with van der Waals surface area (Å²) in [6.45, 7) is 22.8. The summed E-state index contributed by atoms with van der Waals surface area (Å²) >= 11 is -0.826. The fourth-order valence-electron chi connectivity index (χ4n) is 8.02. The Labute approximate surface area is 381 Å². The van der Waals surface area contributed by atoms with Crippen LogP contribution < -0.4 is 10.4 Å². The van der Waals surface area contributed by atoms with Gasteiger partial charge in [-0.05, 0) is 44.9 Å². The Morgan fingerprint density at radius 2 is 0.900 bits per heavy atom. The van der Waals surface area contributed by atoms with Crippen molar-refractivity contribution in [2.75, 3.05) is 0 Å². The molecule has 9 rings (SSSR count). The SMILES string of the molecule is CC(C)c1ccccc1-c1cccc2[cH-]c(C(C)(C)C)cc12.CC(C)c1ccccc1-c1cccc2[cH-]c(C(C)(C)C)cc12.[Cl][Zr][Cl].[c-]1cccc2c1[Si]c1ccccc1-2. The molecule has 1 aliphatic rings. The summed E-state index contributed by atoms with van der Waals surface area (Å²) in [6, 6.07) is 58.6. The van der Waals surface area contributed by atoms with Crippen molar-refractivity contribution in [1.82, 2.24) is 0 Å². The quantitative estimate of drug-likeness (QED) is 0.122. The van der Waals surface area contributed by atoms with Crippen LogP contribution in [0.4, 0.5) is 0 Å². The smallest absolute Gasteiger partial charge is 0.0920 e. The molecule has 0 saturated carbocycles.